The Morgan fingerprint density at radius 3 is 2.58 bits per heavy atom. The first-order chi connectivity index (χ1) is 8.47. The van der Waals surface area contributed by atoms with E-state index < -0.39 is 10.1 Å². The predicted molar refractivity (Wildman–Crippen MR) is 63.3 cm³/mol. The van der Waals surface area contributed by atoms with Crippen molar-refractivity contribution in [2.45, 2.75) is 4.90 Å². The van der Waals surface area contributed by atoms with Gasteiger partial charge < -0.3 is 9.84 Å². The number of benzene rings is 2. The van der Waals surface area contributed by atoms with Crippen LogP contribution in [0.3, 0.4) is 0 Å². The van der Waals surface area contributed by atoms with Crippen molar-refractivity contribution < 1.29 is 52.4 Å². The van der Waals surface area contributed by atoms with E-state index in [0.717, 1.165) is 6.07 Å². The molecule has 0 aliphatic heterocycles. The molecule has 2 rings (SSSR count). The van der Waals surface area contributed by atoms with Crippen molar-refractivity contribution in [3.8, 4) is 17.2 Å². The summed E-state index contributed by atoms with van der Waals surface area (Å²) in [4.78, 5) is -0.381. The van der Waals surface area contributed by atoms with E-state index in [0.29, 0.717) is 0 Å². The van der Waals surface area contributed by atoms with Crippen LogP contribution in [-0.2, 0) is 10.1 Å². The maximum atomic E-state index is 11.1. The zero-order chi connectivity index (χ0) is 13.2. The van der Waals surface area contributed by atoms with Crippen LogP contribution in [0.15, 0.2) is 47.4 Å². The van der Waals surface area contributed by atoms with E-state index in [1.165, 1.54) is 24.3 Å². The topological polar surface area (TPSA) is 83.8 Å². The average Bonchev–Trinajstić information content (AvgIpc) is 2.28. The minimum absolute atomic E-state index is 0. The number of phenols is 1. The molecule has 2 aromatic carbocycles. The van der Waals surface area contributed by atoms with E-state index in [2.05, 4.69) is 6.07 Å². The third-order valence-corrected chi connectivity index (χ3v) is 2.99. The predicted octanol–water partition coefficient (Wildman–Crippen LogP) is -0.765. The number of aromatic hydroxyl groups is 1. The van der Waals surface area contributed by atoms with Crippen LogP contribution in [0.2, 0.25) is 0 Å². The fourth-order valence-electron chi connectivity index (χ4n) is 1.36. The van der Waals surface area contributed by atoms with Crippen LogP contribution in [0.25, 0.3) is 0 Å². The minimum atomic E-state index is -4.38. The zero-order valence-electron chi connectivity index (χ0n) is 10.1. The molecule has 0 aromatic heterocycles. The Bertz CT molecular complexity index is 669. The van der Waals surface area contributed by atoms with Gasteiger partial charge in [-0.25, -0.2) is 8.42 Å². The van der Waals surface area contributed by atoms with Crippen LogP contribution in [0, 0.1) is 6.07 Å². The number of phenolic OH excluding ortho intramolecular Hbond substituents is 1. The minimum Gasteiger partial charge on any atom is -0.508 e. The van der Waals surface area contributed by atoms with Crippen molar-refractivity contribution in [1.82, 2.24) is 0 Å². The van der Waals surface area contributed by atoms with E-state index in [1.807, 2.05) is 0 Å². The number of rotatable bonds is 3. The van der Waals surface area contributed by atoms with Crippen LogP contribution in [0.1, 0.15) is 0 Å². The maximum Gasteiger partial charge on any atom is 1.00 e. The van der Waals surface area contributed by atoms with Crippen LogP contribution < -0.4 is 34.3 Å². The summed E-state index contributed by atoms with van der Waals surface area (Å²) in [7, 11) is -4.38. The molecule has 0 fully saturated rings. The molecular weight excluding hydrogens is 279 g/mol. The molecule has 0 saturated heterocycles. The molecule has 0 atom stereocenters. The molecule has 0 saturated carbocycles. The third kappa shape index (κ3) is 4.22. The summed E-state index contributed by atoms with van der Waals surface area (Å²) < 4.78 is 36.6. The molecule has 94 valence electrons. The van der Waals surface area contributed by atoms with Gasteiger partial charge in [-0.1, -0.05) is 6.07 Å². The Morgan fingerprint density at radius 1 is 1.21 bits per heavy atom. The van der Waals surface area contributed by atoms with Crippen LogP contribution in [0.4, 0.5) is 0 Å². The van der Waals surface area contributed by atoms with Crippen molar-refractivity contribution in [2.24, 2.45) is 0 Å². The Kier molecular flexibility index (Phi) is 5.39. The van der Waals surface area contributed by atoms with Gasteiger partial charge >= 0.3 is 29.6 Å². The summed E-state index contributed by atoms with van der Waals surface area (Å²) in [5.74, 6) is 0.205. The molecule has 0 spiro atoms. The Balaban J connectivity index is 0.00000180. The molecule has 0 bridgehead atoms. The first-order valence-corrected chi connectivity index (χ1v) is 6.35. The van der Waals surface area contributed by atoms with Crippen LogP contribution >= 0.6 is 0 Å². The Hall–Kier alpha value is -1.05. The largest absolute Gasteiger partial charge is 1.00 e. The molecule has 2 aromatic rings. The van der Waals surface area contributed by atoms with Gasteiger partial charge in [0.25, 0.3) is 0 Å². The summed E-state index contributed by atoms with van der Waals surface area (Å²) in [5.41, 5.74) is 0. The molecule has 0 amide bonds. The normalized spacial score (nSPS) is 10.6. The first-order valence-electron chi connectivity index (χ1n) is 4.91. The van der Waals surface area contributed by atoms with Gasteiger partial charge in [0.1, 0.15) is 11.5 Å². The molecule has 0 unspecified atom stereocenters. The summed E-state index contributed by atoms with van der Waals surface area (Å²) in [6, 6.07) is 12.3. The van der Waals surface area contributed by atoms with Gasteiger partial charge in [-0.3, -0.25) is 4.55 Å². The molecule has 19 heavy (non-hydrogen) atoms. The monoisotopic (exact) mass is 288 g/mol. The third-order valence-electron chi connectivity index (χ3n) is 2.11. The second-order valence-electron chi connectivity index (χ2n) is 3.45. The van der Waals surface area contributed by atoms with E-state index in [-0.39, 0.29) is 51.7 Å². The van der Waals surface area contributed by atoms with Gasteiger partial charge in [0.2, 0.25) is 10.1 Å². The van der Waals surface area contributed by atoms with Gasteiger partial charge in [-0.15, -0.1) is 6.07 Å². The fraction of sp³-hybridized carbons (Fsp3) is 0. The van der Waals surface area contributed by atoms with Gasteiger partial charge in [0, 0.05) is 16.7 Å². The molecule has 5 nitrogen and oxygen atoms in total. The fourth-order valence-corrected chi connectivity index (χ4v) is 1.94. The molecule has 2 N–H and O–H groups in total. The standard InChI is InChI=1S/C12H9O5S.Na/c13-9-4-3-5-10(8-9)17-11-6-1-2-7-12(11)18(14,15)16;/h1,3-8,13H,(H,14,15,16);/q-1;+1. The van der Waals surface area contributed by atoms with Gasteiger partial charge in [-0.05, 0) is 12.1 Å². The summed E-state index contributed by atoms with van der Waals surface area (Å²) in [6.07, 6.45) is 0. The molecule has 7 heteroatoms. The van der Waals surface area contributed by atoms with Crippen LogP contribution in [-0.4, -0.2) is 18.1 Å². The molecule has 0 heterocycles. The van der Waals surface area contributed by atoms with E-state index in [1.54, 1.807) is 12.1 Å². The smallest absolute Gasteiger partial charge is 0.508 e. The average molecular weight is 288 g/mol. The van der Waals surface area contributed by atoms with E-state index in [9.17, 15) is 13.5 Å². The number of ether oxygens (including phenoxy) is 1. The van der Waals surface area contributed by atoms with Crippen LogP contribution in [0.5, 0.6) is 17.2 Å². The van der Waals surface area contributed by atoms with Crippen molar-refractivity contribution in [3.63, 3.8) is 0 Å². The van der Waals surface area contributed by atoms with Gasteiger partial charge in [0.15, 0.2) is 0 Å². The second kappa shape index (κ2) is 6.40. The zero-order valence-corrected chi connectivity index (χ0v) is 12.9. The van der Waals surface area contributed by atoms with Gasteiger partial charge in [0.05, 0.1) is 0 Å². The maximum absolute atomic E-state index is 11.1. The summed E-state index contributed by atoms with van der Waals surface area (Å²) >= 11 is 0. The Labute approximate surface area is 132 Å². The molecule has 0 radical (unpaired) electrons. The summed E-state index contributed by atoms with van der Waals surface area (Å²) in [6.45, 7) is 0. The van der Waals surface area contributed by atoms with Gasteiger partial charge in [-0.2, -0.15) is 18.2 Å². The van der Waals surface area contributed by atoms with Crippen molar-refractivity contribution in [3.05, 3.63) is 48.5 Å². The number of hydrogen-bond donors (Lipinski definition) is 2. The second-order valence-corrected chi connectivity index (χ2v) is 4.84. The number of hydrogen-bond acceptors (Lipinski definition) is 4. The van der Waals surface area contributed by atoms with Crippen molar-refractivity contribution in [1.29, 1.82) is 0 Å². The molecule has 0 aliphatic carbocycles. The first kappa shape index (κ1) is 16.0. The van der Waals surface area contributed by atoms with Crippen molar-refractivity contribution in [2.75, 3.05) is 0 Å². The molecule has 0 aliphatic rings. The van der Waals surface area contributed by atoms with Crippen molar-refractivity contribution >= 4 is 10.1 Å². The van der Waals surface area contributed by atoms with E-state index >= 15 is 0 Å². The Morgan fingerprint density at radius 2 is 1.95 bits per heavy atom. The quantitative estimate of drug-likeness (QED) is 0.440. The SMILES string of the molecule is O=S(=O)(O)c1c[c-]ccc1Oc1cccc(O)c1.[Na+]. The molecular formula is C12H9NaO5S. The summed E-state index contributed by atoms with van der Waals surface area (Å²) in [5, 5.41) is 9.27. The van der Waals surface area contributed by atoms with E-state index in [4.69, 9.17) is 9.29 Å².